The van der Waals surface area contributed by atoms with E-state index >= 15 is 0 Å². The summed E-state index contributed by atoms with van der Waals surface area (Å²) in [6.45, 7) is 2.65. The Balaban J connectivity index is 1.76. The minimum Gasteiger partial charge on any atom is -0.384 e. The normalized spacial score (nSPS) is 16.9. The lowest BCUT2D eigenvalue weighted by molar-refractivity contribution is 0.0699. The number of fused-ring (bicyclic) bond motifs is 1. The topological polar surface area (TPSA) is 69.9 Å². The Kier molecular flexibility index (Phi) is 3.61. The van der Waals surface area contributed by atoms with Gasteiger partial charge in [0.25, 0.3) is 0 Å². The lowest BCUT2D eigenvalue weighted by atomic mass is 10.0. The number of hydrogen-bond acceptors (Lipinski definition) is 3. The van der Waals surface area contributed by atoms with Crippen molar-refractivity contribution in [3.8, 4) is 0 Å². The van der Waals surface area contributed by atoms with Gasteiger partial charge in [0.2, 0.25) is 0 Å². The summed E-state index contributed by atoms with van der Waals surface area (Å²) < 4.78 is 6.32. The van der Waals surface area contributed by atoms with Crippen LogP contribution in [0.5, 0.6) is 0 Å². The molecule has 5 nitrogen and oxygen atoms in total. The van der Waals surface area contributed by atoms with E-state index in [1.165, 1.54) is 0 Å². The minimum absolute atomic E-state index is 0.177. The number of halogens is 1. The first-order chi connectivity index (χ1) is 9.22. The Morgan fingerprint density at radius 1 is 1.26 bits per heavy atom. The van der Waals surface area contributed by atoms with Crippen LogP contribution in [0.15, 0.2) is 21.4 Å². The number of hydrogen-bond donors (Lipinski definition) is 3. The molecule has 0 saturated carbocycles. The van der Waals surface area contributed by atoms with Crippen molar-refractivity contribution in [1.82, 2.24) is 9.97 Å². The summed E-state index contributed by atoms with van der Waals surface area (Å²) in [5.41, 5.74) is 2.47. The Hall–Kier alpha value is -1.27. The molecule has 0 bridgehead atoms. The molecule has 19 heavy (non-hydrogen) atoms. The molecular weight excluding hydrogens is 310 g/mol. The summed E-state index contributed by atoms with van der Waals surface area (Å²) in [4.78, 5) is 16.8. The fourth-order valence-electron chi connectivity index (χ4n) is 2.40. The van der Waals surface area contributed by atoms with Gasteiger partial charge in [0.05, 0.1) is 16.7 Å². The number of anilines is 1. The molecule has 1 fully saturated rings. The van der Waals surface area contributed by atoms with Crippen LogP contribution in [-0.4, -0.2) is 29.7 Å². The fourth-order valence-corrected chi connectivity index (χ4v) is 2.88. The number of benzene rings is 1. The van der Waals surface area contributed by atoms with Gasteiger partial charge < -0.3 is 20.0 Å². The molecule has 0 radical (unpaired) electrons. The zero-order chi connectivity index (χ0) is 13.2. The molecule has 0 spiro atoms. The van der Waals surface area contributed by atoms with Gasteiger partial charge in [0.1, 0.15) is 0 Å². The van der Waals surface area contributed by atoms with Gasteiger partial charge in [-0.1, -0.05) is 0 Å². The van der Waals surface area contributed by atoms with Crippen LogP contribution in [0, 0.1) is 5.92 Å². The number of rotatable bonds is 3. The van der Waals surface area contributed by atoms with E-state index in [9.17, 15) is 4.79 Å². The van der Waals surface area contributed by atoms with Gasteiger partial charge in [-0.05, 0) is 46.8 Å². The van der Waals surface area contributed by atoms with E-state index in [-0.39, 0.29) is 5.69 Å². The molecular formula is C13H16BrN3O2. The second-order valence-electron chi connectivity index (χ2n) is 4.89. The molecule has 102 valence electrons. The average Bonchev–Trinajstić information content (AvgIpc) is 2.76. The molecule has 2 heterocycles. The van der Waals surface area contributed by atoms with Crippen molar-refractivity contribution in [1.29, 1.82) is 0 Å². The third-order valence-electron chi connectivity index (χ3n) is 3.53. The van der Waals surface area contributed by atoms with Crippen LogP contribution in [0.2, 0.25) is 0 Å². The highest BCUT2D eigenvalue weighted by molar-refractivity contribution is 9.10. The number of aromatic amines is 2. The summed E-state index contributed by atoms with van der Waals surface area (Å²) in [5, 5.41) is 3.45. The molecule has 2 aromatic rings. The monoisotopic (exact) mass is 325 g/mol. The van der Waals surface area contributed by atoms with E-state index in [1.807, 2.05) is 12.1 Å². The van der Waals surface area contributed by atoms with E-state index in [1.54, 1.807) is 0 Å². The highest BCUT2D eigenvalue weighted by atomic mass is 79.9. The van der Waals surface area contributed by atoms with Crippen molar-refractivity contribution >= 4 is 32.7 Å². The van der Waals surface area contributed by atoms with E-state index < -0.39 is 0 Å². The number of ether oxygens (including phenoxy) is 1. The Morgan fingerprint density at radius 3 is 2.68 bits per heavy atom. The predicted molar refractivity (Wildman–Crippen MR) is 78.7 cm³/mol. The summed E-state index contributed by atoms with van der Waals surface area (Å²) >= 11 is 3.53. The van der Waals surface area contributed by atoms with E-state index in [0.29, 0.717) is 5.92 Å². The molecule has 1 aliphatic heterocycles. The SMILES string of the molecule is O=c1[nH]c2cc(Br)c(NCC3CCOCC3)cc2[nH]1. The number of aromatic nitrogens is 2. The Labute approximate surface area is 118 Å². The molecule has 0 amide bonds. The van der Waals surface area contributed by atoms with E-state index in [2.05, 4.69) is 31.2 Å². The summed E-state index contributed by atoms with van der Waals surface area (Å²) in [5.74, 6) is 0.654. The molecule has 3 N–H and O–H groups in total. The van der Waals surface area contributed by atoms with Gasteiger partial charge in [-0.25, -0.2) is 4.79 Å². The van der Waals surface area contributed by atoms with Gasteiger partial charge in [0, 0.05) is 24.2 Å². The Morgan fingerprint density at radius 2 is 1.95 bits per heavy atom. The molecule has 1 saturated heterocycles. The molecule has 0 aliphatic carbocycles. The molecule has 0 unspecified atom stereocenters. The van der Waals surface area contributed by atoms with Crippen LogP contribution in [0.4, 0.5) is 5.69 Å². The maximum absolute atomic E-state index is 11.3. The maximum Gasteiger partial charge on any atom is 0.323 e. The highest BCUT2D eigenvalue weighted by Crippen LogP contribution is 2.27. The summed E-state index contributed by atoms with van der Waals surface area (Å²) in [7, 11) is 0. The maximum atomic E-state index is 11.3. The van der Waals surface area contributed by atoms with Gasteiger partial charge >= 0.3 is 5.69 Å². The van der Waals surface area contributed by atoms with Gasteiger partial charge in [-0.15, -0.1) is 0 Å². The minimum atomic E-state index is -0.177. The van der Waals surface area contributed by atoms with Crippen molar-refractivity contribution in [2.75, 3.05) is 25.1 Å². The number of imidazole rings is 1. The van der Waals surface area contributed by atoms with Crippen molar-refractivity contribution in [3.05, 3.63) is 27.1 Å². The van der Waals surface area contributed by atoms with Crippen LogP contribution in [0.1, 0.15) is 12.8 Å². The molecule has 3 rings (SSSR count). The molecule has 6 heteroatoms. The predicted octanol–water partition coefficient (Wildman–Crippen LogP) is 2.46. The number of H-pyrrole nitrogens is 2. The van der Waals surface area contributed by atoms with E-state index in [4.69, 9.17) is 4.74 Å². The summed E-state index contributed by atoms with van der Waals surface area (Å²) in [6, 6.07) is 3.87. The van der Waals surface area contributed by atoms with Crippen molar-refractivity contribution in [2.24, 2.45) is 5.92 Å². The Bertz CT molecular complexity index is 628. The van der Waals surface area contributed by atoms with Crippen LogP contribution in [0.3, 0.4) is 0 Å². The zero-order valence-corrected chi connectivity index (χ0v) is 12.0. The molecule has 1 aromatic carbocycles. The lowest BCUT2D eigenvalue weighted by Gasteiger charge is -2.23. The number of nitrogens with one attached hydrogen (secondary N) is 3. The average molecular weight is 326 g/mol. The van der Waals surface area contributed by atoms with Gasteiger partial charge in [-0.2, -0.15) is 0 Å². The first kappa shape index (κ1) is 12.7. The van der Waals surface area contributed by atoms with Crippen LogP contribution >= 0.6 is 15.9 Å². The van der Waals surface area contributed by atoms with E-state index in [0.717, 1.165) is 53.8 Å². The first-order valence-corrected chi connectivity index (χ1v) is 7.25. The first-order valence-electron chi connectivity index (χ1n) is 6.45. The third-order valence-corrected chi connectivity index (χ3v) is 4.18. The van der Waals surface area contributed by atoms with Crippen LogP contribution in [-0.2, 0) is 4.74 Å². The summed E-state index contributed by atoms with van der Waals surface area (Å²) in [6.07, 6.45) is 2.21. The molecule has 1 aliphatic rings. The zero-order valence-electron chi connectivity index (χ0n) is 10.5. The standard InChI is InChI=1S/C13H16BrN3O2/c14-9-5-11-12(17-13(18)16-11)6-10(9)15-7-8-1-3-19-4-2-8/h5-6,8,15H,1-4,7H2,(H2,16,17,18). The van der Waals surface area contributed by atoms with Crippen LogP contribution < -0.4 is 11.0 Å². The lowest BCUT2D eigenvalue weighted by Crippen LogP contribution is -2.22. The quantitative estimate of drug-likeness (QED) is 0.811. The smallest absolute Gasteiger partial charge is 0.323 e. The fraction of sp³-hybridized carbons (Fsp3) is 0.462. The van der Waals surface area contributed by atoms with Crippen molar-refractivity contribution < 1.29 is 4.74 Å². The molecule has 0 atom stereocenters. The van der Waals surface area contributed by atoms with Crippen molar-refractivity contribution in [3.63, 3.8) is 0 Å². The van der Waals surface area contributed by atoms with Gasteiger partial charge in [0.15, 0.2) is 0 Å². The third kappa shape index (κ3) is 2.84. The van der Waals surface area contributed by atoms with Crippen molar-refractivity contribution in [2.45, 2.75) is 12.8 Å². The highest BCUT2D eigenvalue weighted by Gasteiger charge is 2.14. The van der Waals surface area contributed by atoms with Crippen LogP contribution in [0.25, 0.3) is 11.0 Å². The van der Waals surface area contributed by atoms with Gasteiger partial charge in [-0.3, -0.25) is 0 Å². The molecule has 1 aromatic heterocycles. The second-order valence-corrected chi connectivity index (χ2v) is 5.75. The largest absolute Gasteiger partial charge is 0.384 e. The second kappa shape index (κ2) is 5.38.